The van der Waals surface area contributed by atoms with Gasteiger partial charge in [-0.1, -0.05) is 13.8 Å². The Morgan fingerprint density at radius 1 is 0.950 bits per heavy atom. The molecule has 1 aliphatic carbocycles. The quantitative estimate of drug-likeness (QED) is 0.811. The van der Waals surface area contributed by atoms with Gasteiger partial charge in [-0.15, -0.1) is 0 Å². The highest BCUT2D eigenvalue weighted by atomic mass is 16.4. The number of amides is 2. The molecule has 6 nitrogen and oxygen atoms in total. The number of aliphatic carboxylic acids is 1. The van der Waals surface area contributed by atoms with Crippen molar-refractivity contribution in [2.75, 3.05) is 26.2 Å². The van der Waals surface area contributed by atoms with Gasteiger partial charge in [0.05, 0.1) is 5.92 Å². The summed E-state index contributed by atoms with van der Waals surface area (Å²) in [5, 5.41) is 8.96. The molecule has 112 valence electrons. The topological polar surface area (TPSA) is 77.9 Å². The van der Waals surface area contributed by atoms with E-state index in [9.17, 15) is 14.4 Å². The molecule has 2 aliphatic rings. The molecule has 0 spiro atoms. The first-order chi connectivity index (χ1) is 9.41. The zero-order chi connectivity index (χ0) is 14.9. The number of carboxylic acids is 1. The van der Waals surface area contributed by atoms with Crippen LogP contribution in [0.1, 0.15) is 26.7 Å². The molecule has 2 atom stereocenters. The Hall–Kier alpha value is -1.59. The SMILES string of the molecule is CC(C(=O)O)C(C)C(=O)N1CCN(C(=O)C2CC2)CC1. The monoisotopic (exact) mass is 282 g/mol. The van der Waals surface area contributed by atoms with E-state index >= 15 is 0 Å². The second kappa shape index (κ2) is 5.81. The van der Waals surface area contributed by atoms with Crippen LogP contribution < -0.4 is 0 Å². The van der Waals surface area contributed by atoms with E-state index in [2.05, 4.69) is 0 Å². The van der Waals surface area contributed by atoms with Gasteiger partial charge in [0.15, 0.2) is 0 Å². The molecule has 20 heavy (non-hydrogen) atoms. The van der Waals surface area contributed by atoms with Gasteiger partial charge in [0.25, 0.3) is 0 Å². The molecule has 2 fully saturated rings. The fraction of sp³-hybridized carbons (Fsp3) is 0.786. The molecule has 2 unspecified atom stereocenters. The molecule has 1 saturated carbocycles. The third kappa shape index (κ3) is 3.11. The number of nitrogens with zero attached hydrogens (tertiary/aromatic N) is 2. The molecule has 0 aromatic rings. The second-order valence-electron chi connectivity index (χ2n) is 5.84. The van der Waals surface area contributed by atoms with E-state index in [-0.39, 0.29) is 17.7 Å². The van der Waals surface area contributed by atoms with E-state index in [1.165, 1.54) is 0 Å². The first kappa shape index (κ1) is 14.8. The second-order valence-corrected chi connectivity index (χ2v) is 5.84. The standard InChI is InChI=1S/C14H22N2O4/c1-9(10(2)14(19)20)12(17)15-5-7-16(8-6-15)13(18)11-3-4-11/h9-11H,3-8H2,1-2H3,(H,19,20). The minimum absolute atomic E-state index is 0.126. The van der Waals surface area contributed by atoms with Crippen LogP contribution in [0.3, 0.4) is 0 Å². The van der Waals surface area contributed by atoms with Crippen LogP contribution >= 0.6 is 0 Å². The van der Waals surface area contributed by atoms with E-state index in [4.69, 9.17) is 5.11 Å². The number of piperazine rings is 1. The highest BCUT2D eigenvalue weighted by Gasteiger charge is 2.36. The summed E-state index contributed by atoms with van der Waals surface area (Å²) < 4.78 is 0. The minimum atomic E-state index is -0.951. The van der Waals surface area contributed by atoms with Crippen molar-refractivity contribution in [3.8, 4) is 0 Å². The van der Waals surface area contributed by atoms with Crippen molar-refractivity contribution in [2.24, 2.45) is 17.8 Å². The molecule has 2 amide bonds. The molecule has 0 aromatic heterocycles. The zero-order valence-electron chi connectivity index (χ0n) is 12.0. The van der Waals surface area contributed by atoms with Crippen LogP contribution in [-0.2, 0) is 14.4 Å². The fourth-order valence-corrected chi connectivity index (χ4v) is 2.45. The fourth-order valence-electron chi connectivity index (χ4n) is 2.45. The summed E-state index contributed by atoms with van der Waals surface area (Å²) in [6.45, 7) is 5.35. The number of hydrogen-bond donors (Lipinski definition) is 1. The van der Waals surface area contributed by atoms with Crippen molar-refractivity contribution >= 4 is 17.8 Å². The summed E-state index contributed by atoms with van der Waals surface area (Å²) in [5.74, 6) is -1.87. The lowest BCUT2D eigenvalue weighted by molar-refractivity contribution is -0.150. The van der Waals surface area contributed by atoms with Crippen LogP contribution in [0, 0.1) is 17.8 Å². The predicted octanol–water partition coefficient (Wildman–Crippen LogP) is 0.424. The average molecular weight is 282 g/mol. The van der Waals surface area contributed by atoms with Gasteiger partial charge >= 0.3 is 5.97 Å². The highest BCUT2D eigenvalue weighted by molar-refractivity contribution is 5.85. The van der Waals surface area contributed by atoms with E-state index in [0.29, 0.717) is 26.2 Å². The minimum Gasteiger partial charge on any atom is -0.481 e. The van der Waals surface area contributed by atoms with Crippen LogP contribution in [0.2, 0.25) is 0 Å². The van der Waals surface area contributed by atoms with Crippen molar-refractivity contribution in [2.45, 2.75) is 26.7 Å². The highest BCUT2D eigenvalue weighted by Crippen LogP contribution is 2.31. The number of carboxylic acid groups (broad SMARTS) is 1. The van der Waals surface area contributed by atoms with Crippen LogP contribution in [0.25, 0.3) is 0 Å². The van der Waals surface area contributed by atoms with Gasteiger partial charge in [-0.2, -0.15) is 0 Å². The Morgan fingerprint density at radius 2 is 1.45 bits per heavy atom. The van der Waals surface area contributed by atoms with Gasteiger partial charge in [-0.05, 0) is 12.8 Å². The normalized spacial score (nSPS) is 22.3. The maximum atomic E-state index is 12.2. The number of hydrogen-bond acceptors (Lipinski definition) is 3. The van der Waals surface area contributed by atoms with Crippen LogP contribution in [0.4, 0.5) is 0 Å². The molecule has 1 saturated heterocycles. The molecule has 1 N–H and O–H groups in total. The van der Waals surface area contributed by atoms with Crippen LogP contribution in [-0.4, -0.2) is 58.9 Å². The summed E-state index contributed by atoms with van der Waals surface area (Å²) in [7, 11) is 0. The van der Waals surface area contributed by atoms with Crippen molar-refractivity contribution in [1.29, 1.82) is 0 Å². The Kier molecular flexibility index (Phi) is 4.30. The van der Waals surface area contributed by atoms with Crippen molar-refractivity contribution in [3.63, 3.8) is 0 Å². The molecule has 6 heteroatoms. The maximum absolute atomic E-state index is 12.2. The molecule has 0 aromatic carbocycles. The maximum Gasteiger partial charge on any atom is 0.307 e. The number of carbonyl (C=O) groups is 3. The van der Waals surface area contributed by atoms with E-state index < -0.39 is 17.8 Å². The molecular weight excluding hydrogens is 260 g/mol. The Morgan fingerprint density at radius 3 is 1.90 bits per heavy atom. The molecule has 0 radical (unpaired) electrons. The summed E-state index contributed by atoms with van der Waals surface area (Å²) in [6.07, 6.45) is 1.98. The summed E-state index contributed by atoms with van der Waals surface area (Å²) >= 11 is 0. The van der Waals surface area contributed by atoms with E-state index in [1.54, 1.807) is 18.7 Å². The molecule has 1 aliphatic heterocycles. The van der Waals surface area contributed by atoms with Gasteiger partial charge in [0.1, 0.15) is 0 Å². The number of carbonyl (C=O) groups excluding carboxylic acids is 2. The Labute approximate surface area is 118 Å². The molecular formula is C14H22N2O4. The average Bonchev–Trinajstić information content (AvgIpc) is 3.28. The first-order valence-corrected chi connectivity index (χ1v) is 7.22. The van der Waals surface area contributed by atoms with Gasteiger partial charge in [-0.3, -0.25) is 14.4 Å². The Balaban J connectivity index is 1.85. The Bertz CT molecular complexity index is 411. The van der Waals surface area contributed by atoms with Gasteiger partial charge in [0, 0.05) is 38.0 Å². The first-order valence-electron chi connectivity index (χ1n) is 7.22. The van der Waals surface area contributed by atoms with Crippen molar-refractivity contribution in [1.82, 2.24) is 9.80 Å². The van der Waals surface area contributed by atoms with Crippen LogP contribution in [0.5, 0.6) is 0 Å². The lowest BCUT2D eigenvalue weighted by Crippen LogP contribution is -2.52. The molecule has 1 heterocycles. The lowest BCUT2D eigenvalue weighted by Gasteiger charge is -2.36. The summed E-state index contributed by atoms with van der Waals surface area (Å²) in [4.78, 5) is 38.6. The largest absolute Gasteiger partial charge is 0.481 e. The third-order valence-corrected chi connectivity index (χ3v) is 4.36. The van der Waals surface area contributed by atoms with Crippen molar-refractivity contribution in [3.05, 3.63) is 0 Å². The summed E-state index contributed by atoms with van der Waals surface area (Å²) in [5.41, 5.74) is 0. The smallest absolute Gasteiger partial charge is 0.307 e. The van der Waals surface area contributed by atoms with E-state index in [1.807, 2.05) is 4.90 Å². The van der Waals surface area contributed by atoms with Crippen molar-refractivity contribution < 1.29 is 19.5 Å². The van der Waals surface area contributed by atoms with Gasteiger partial charge < -0.3 is 14.9 Å². The molecule has 2 rings (SSSR count). The lowest BCUT2D eigenvalue weighted by atomic mass is 9.94. The van der Waals surface area contributed by atoms with E-state index in [0.717, 1.165) is 12.8 Å². The summed E-state index contributed by atoms with van der Waals surface area (Å²) in [6, 6.07) is 0. The number of rotatable bonds is 4. The predicted molar refractivity (Wildman–Crippen MR) is 71.8 cm³/mol. The zero-order valence-corrected chi connectivity index (χ0v) is 12.0. The van der Waals surface area contributed by atoms with Gasteiger partial charge in [0.2, 0.25) is 11.8 Å². The molecule has 0 bridgehead atoms. The van der Waals surface area contributed by atoms with Crippen LogP contribution in [0.15, 0.2) is 0 Å². The van der Waals surface area contributed by atoms with Gasteiger partial charge in [-0.25, -0.2) is 0 Å². The third-order valence-electron chi connectivity index (χ3n) is 4.36.